The molecule has 0 spiro atoms. The van der Waals surface area contributed by atoms with Crippen LogP contribution in [0.25, 0.3) is 0 Å². The van der Waals surface area contributed by atoms with E-state index in [1.165, 1.54) is 5.56 Å². The van der Waals surface area contributed by atoms with E-state index in [2.05, 4.69) is 39.6 Å². The zero-order valence-corrected chi connectivity index (χ0v) is 18.6. The Balaban J connectivity index is 0.000000176. The topological polar surface area (TPSA) is 51.1 Å². The van der Waals surface area contributed by atoms with Gasteiger partial charge in [-0.05, 0) is 12.5 Å². The zero-order valence-electron chi connectivity index (χ0n) is 16.9. The first-order valence-electron chi connectivity index (χ1n) is 9.82. The molecule has 5 nitrogen and oxygen atoms in total. The largest absolute Gasteiger partial charge is 0.473 e. The van der Waals surface area contributed by atoms with Gasteiger partial charge in [-0.3, -0.25) is 4.99 Å². The van der Waals surface area contributed by atoms with Crippen molar-refractivity contribution in [2.45, 2.75) is 51.5 Å². The van der Waals surface area contributed by atoms with E-state index in [1.807, 2.05) is 62.4 Å². The van der Waals surface area contributed by atoms with Crippen molar-refractivity contribution in [3.8, 4) is 0 Å². The van der Waals surface area contributed by atoms with Gasteiger partial charge in [0.15, 0.2) is 6.40 Å². The van der Waals surface area contributed by atoms with Gasteiger partial charge in [-0.25, -0.2) is 0 Å². The standard InChI is InChI=1S/C13H15NO2Se.C10H11NO/c1-3-11(15)14-9(2)12(16-13(14)17)10-7-5-4-6-8-10;1-8-10(12-7-11-8)9-5-3-2-4-6-9/h4-9,12H,3H2,1-2H3;2-8,10H,1H3/t9-,12-;8-,10-/m00/s1. The summed E-state index contributed by atoms with van der Waals surface area (Å²) in [5.74, 6) is 0.0877. The smallest absolute Gasteiger partial charge is 0.170 e. The third-order valence-electron chi connectivity index (χ3n) is 5.04. The molecule has 0 unspecified atom stereocenters. The second-order valence-corrected chi connectivity index (χ2v) is 7.77. The van der Waals surface area contributed by atoms with Crippen LogP contribution in [0.15, 0.2) is 65.7 Å². The van der Waals surface area contributed by atoms with Crippen molar-refractivity contribution in [1.29, 1.82) is 0 Å². The molecule has 2 aliphatic heterocycles. The summed E-state index contributed by atoms with van der Waals surface area (Å²) in [5.41, 5.74) is 2.29. The molecule has 0 bridgehead atoms. The van der Waals surface area contributed by atoms with Gasteiger partial charge in [0.1, 0.15) is 6.10 Å². The van der Waals surface area contributed by atoms with Crippen molar-refractivity contribution >= 4 is 32.6 Å². The van der Waals surface area contributed by atoms with Gasteiger partial charge in [-0.1, -0.05) is 30.3 Å². The Morgan fingerprint density at radius 3 is 2.03 bits per heavy atom. The van der Waals surface area contributed by atoms with Crippen LogP contribution in [0.3, 0.4) is 0 Å². The molecule has 6 heteroatoms. The minimum atomic E-state index is -0.0806. The van der Waals surface area contributed by atoms with Crippen molar-refractivity contribution in [2.75, 3.05) is 0 Å². The number of hydrogen-bond acceptors (Lipinski definition) is 4. The minimum Gasteiger partial charge on any atom is -0.473 e. The fourth-order valence-corrected chi connectivity index (χ4v) is 4.22. The Morgan fingerprint density at radius 1 is 1.00 bits per heavy atom. The number of benzene rings is 2. The van der Waals surface area contributed by atoms with Crippen LogP contribution in [0.1, 0.15) is 50.5 Å². The van der Waals surface area contributed by atoms with Gasteiger partial charge in [0.05, 0.1) is 6.04 Å². The van der Waals surface area contributed by atoms with Gasteiger partial charge in [0.2, 0.25) is 0 Å². The quantitative estimate of drug-likeness (QED) is 0.659. The predicted octanol–water partition coefficient (Wildman–Crippen LogP) is 3.82. The van der Waals surface area contributed by atoms with E-state index in [9.17, 15) is 4.79 Å². The van der Waals surface area contributed by atoms with Gasteiger partial charge in [-0.15, -0.1) is 0 Å². The van der Waals surface area contributed by atoms with E-state index in [-0.39, 0.29) is 30.2 Å². The van der Waals surface area contributed by atoms with Crippen LogP contribution in [0, 0.1) is 0 Å². The number of aliphatic imine (C=N–C) groups is 1. The van der Waals surface area contributed by atoms with Crippen LogP contribution in [0.5, 0.6) is 0 Å². The monoisotopic (exact) mass is 458 g/mol. The first-order chi connectivity index (χ1) is 14.0. The normalized spacial score (nSPS) is 25.1. The average Bonchev–Trinajstić information content (AvgIpc) is 3.31. The number of amides is 1. The maximum Gasteiger partial charge on any atom is 0.170 e. The van der Waals surface area contributed by atoms with Crippen molar-refractivity contribution in [2.24, 2.45) is 4.99 Å². The summed E-state index contributed by atoms with van der Waals surface area (Å²) >= 11 is 2.83. The maximum absolute atomic E-state index is 11.8. The number of hydrogen-bond donors (Lipinski definition) is 0. The summed E-state index contributed by atoms with van der Waals surface area (Å²) in [4.78, 5) is 17.7. The van der Waals surface area contributed by atoms with E-state index in [1.54, 1.807) is 11.3 Å². The van der Waals surface area contributed by atoms with Crippen LogP contribution in [0.2, 0.25) is 0 Å². The number of carbonyl (C=O) groups is 1. The fraction of sp³-hybridized carbons (Fsp3) is 0.348. The van der Waals surface area contributed by atoms with Crippen LogP contribution < -0.4 is 0 Å². The molecule has 2 heterocycles. The number of nitrogens with zero attached hydrogens (tertiary/aromatic N) is 2. The number of carbonyl (C=O) groups excluding carboxylic acids is 1. The average molecular weight is 457 g/mol. The molecule has 1 amide bonds. The fourth-order valence-electron chi connectivity index (χ4n) is 3.44. The van der Waals surface area contributed by atoms with Crippen LogP contribution in [0.4, 0.5) is 0 Å². The van der Waals surface area contributed by atoms with Crippen molar-refractivity contribution in [3.63, 3.8) is 0 Å². The van der Waals surface area contributed by atoms with Crippen LogP contribution in [-0.2, 0) is 14.3 Å². The minimum absolute atomic E-state index is 0.0288. The van der Waals surface area contributed by atoms with Gasteiger partial charge < -0.3 is 4.74 Å². The second kappa shape index (κ2) is 9.86. The Hall–Kier alpha value is -2.43. The third-order valence-corrected chi connectivity index (χ3v) is 5.65. The third kappa shape index (κ3) is 4.95. The molecule has 29 heavy (non-hydrogen) atoms. The van der Waals surface area contributed by atoms with E-state index >= 15 is 0 Å². The van der Waals surface area contributed by atoms with Gasteiger partial charge in [-0.2, -0.15) is 0 Å². The summed E-state index contributed by atoms with van der Waals surface area (Å²) in [6.07, 6.45) is 2.07. The van der Waals surface area contributed by atoms with E-state index in [0.717, 1.165) is 5.56 Å². The van der Waals surface area contributed by atoms with Gasteiger partial charge in [0, 0.05) is 0 Å². The second-order valence-electron chi connectivity index (χ2n) is 7.04. The van der Waals surface area contributed by atoms with Crippen LogP contribution >= 0.6 is 0 Å². The molecule has 0 aromatic heterocycles. The SMILES string of the molecule is CCC(=O)N1C(=[Se])O[C@H](c2ccccc2)[C@@H]1C.C[C@@H]1N=CO[C@@H]1c1ccccc1. The molecule has 2 aliphatic rings. The summed E-state index contributed by atoms with van der Waals surface area (Å²) in [5, 5.41) is 0. The van der Waals surface area contributed by atoms with Gasteiger partial charge >= 0.3 is 109 Å². The zero-order chi connectivity index (χ0) is 20.8. The molecule has 0 aliphatic carbocycles. The predicted molar refractivity (Wildman–Crippen MR) is 116 cm³/mol. The van der Waals surface area contributed by atoms with Crippen molar-refractivity contribution in [1.82, 2.24) is 4.90 Å². The molecule has 0 saturated carbocycles. The first-order valence-corrected chi connectivity index (χ1v) is 10.7. The molecular weight excluding hydrogens is 431 g/mol. The number of ether oxygens (including phenoxy) is 2. The molecule has 1 fully saturated rings. The molecule has 4 atom stereocenters. The Morgan fingerprint density at radius 2 is 1.55 bits per heavy atom. The van der Waals surface area contributed by atoms with E-state index in [0.29, 0.717) is 11.1 Å². The molecule has 1 saturated heterocycles. The molecule has 2 aromatic rings. The van der Waals surface area contributed by atoms with Gasteiger partial charge in [0.25, 0.3) is 0 Å². The number of rotatable bonds is 3. The Bertz CT molecular complexity index is 857. The van der Waals surface area contributed by atoms with E-state index < -0.39 is 0 Å². The summed E-state index contributed by atoms with van der Waals surface area (Å²) < 4.78 is 11.7. The molecule has 152 valence electrons. The van der Waals surface area contributed by atoms with Crippen LogP contribution in [-0.4, -0.2) is 49.6 Å². The van der Waals surface area contributed by atoms with Crippen molar-refractivity contribution < 1.29 is 14.3 Å². The molecule has 2 aromatic carbocycles. The molecule has 4 rings (SSSR count). The first kappa shape index (κ1) is 21.3. The summed E-state index contributed by atoms with van der Waals surface area (Å²) in [6.45, 7) is 5.93. The molecule has 0 N–H and O–H groups in total. The Labute approximate surface area is 180 Å². The Kier molecular flexibility index (Phi) is 7.23. The molecule has 0 radical (unpaired) electrons. The summed E-state index contributed by atoms with van der Waals surface area (Å²) in [6, 6.07) is 20.4. The molecular formula is C23H26N2O3Se. The maximum atomic E-state index is 11.8. The summed E-state index contributed by atoms with van der Waals surface area (Å²) in [7, 11) is 0. The van der Waals surface area contributed by atoms with E-state index in [4.69, 9.17) is 9.47 Å². The van der Waals surface area contributed by atoms with Crippen molar-refractivity contribution in [3.05, 3.63) is 71.8 Å².